The van der Waals surface area contributed by atoms with Gasteiger partial charge in [-0.1, -0.05) is 23.2 Å². The lowest BCUT2D eigenvalue weighted by molar-refractivity contribution is 0.102. The van der Waals surface area contributed by atoms with E-state index in [9.17, 15) is 13.6 Å². The molecular weight excluding hydrogens is 309 g/mol. The molecule has 0 unspecified atom stereocenters. The number of carbonyl (C=O) groups is 1. The maximum absolute atomic E-state index is 13.5. The Hall–Kier alpha value is -1.85. The summed E-state index contributed by atoms with van der Waals surface area (Å²) in [5, 5.41) is 2.79. The van der Waals surface area contributed by atoms with E-state index in [-0.39, 0.29) is 22.0 Å². The molecule has 0 aliphatic heterocycles. The van der Waals surface area contributed by atoms with Crippen LogP contribution in [0.2, 0.25) is 10.0 Å². The molecule has 7 heteroatoms. The van der Waals surface area contributed by atoms with Crippen molar-refractivity contribution < 1.29 is 13.6 Å². The zero-order valence-corrected chi connectivity index (χ0v) is 11.4. The monoisotopic (exact) mass is 316 g/mol. The maximum atomic E-state index is 13.5. The van der Waals surface area contributed by atoms with E-state index >= 15 is 0 Å². The third-order valence-corrected chi connectivity index (χ3v) is 3.02. The number of amides is 1. The molecule has 0 spiro atoms. The number of rotatable bonds is 2. The molecule has 104 valence electrons. The largest absolute Gasteiger partial charge is 0.397 e. The van der Waals surface area contributed by atoms with Gasteiger partial charge in [0.2, 0.25) is 0 Å². The lowest BCUT2D eigenvalue weighted by atomic mass is 10.2. The Balaban J connectivity index is 2.33. The van der Waals surface area contributed by atoms with Gasteiger partial charge >= 0.3 is 0 Å². The Morgan fingerprint density at radius 2 is 1.85 bits per heavy atom. The molecule has 20 heavy (non-hydrogen) atoms. The zero-order chi connectivity index (χ0) is 14.9. The molecule has 1 amide bonds. The van der Waals surface area contributed by atoms with E-state index in [1.165, 1.54) is 12.1 Å². The smallest absolute Gasteiger partial charge is 0.258 e. The summed E-state index contributed by atoms with van der Waals surface area (Å²) in [6.45, 7) is 0. The van der Waals surface area contributed by atoms with Gasteiger partial charge in [0.15, 0.2) is 0 Å². The Morgan fingerprint density at radius 3 is 2.45 bits per heavy atom. The van der Waals surface area contributed by atoms with Crippen molar-refractivity contribution in [2.24, 2.45) is 0 Å². The minimum Gasteiger partial charge on any atom is -0.397 e. The number of hydrogen-bond acceptors (Lipinski definition) is 2. The standard InChI is InChI=1S/C13H8Cl2F2N2O/c14-6-3-9(15)12(11(18)4-6)19-13(20)8-2-1-7(16)5-10(8)17/h1-5H,18H2,(H,19,20). The van der Waals surface area contributed by atoms with Gasteiger partial charge in [0.25, 0.3) is 5.91 Å². The first kappa shape index (κ1) is 14.6. The van der Waals surface area contributed by atoms with Crippen LogP contribution < -0.4 is 11.1 Å². The predicted molar refractivity (Wildman–Crippen MR) is 75.2 cm³/mol. The highest BCUT2D eigenvalue weighted by Crippen LogP contribution is 2.32. The molecule has 0 bridgehead atoms. The normalized spacial score (nSPS) is 10.4. The molecule has 0 saturated carbocycles. The molecular formula is C13H8Cl2F2N2O. The third kappa shape index (κ3) is 3.00. The van der Waals surface area contributed by atoms with Gasteiger partial charge in [-0.25, -0.2) is 8.78 Å². The summed E-state index contributed by atoms with van der Waals surface area (Å²) in [6.07, 6.45) is 0. The van der Waals surface area contributed by atoms with Crippen LogP contribution in [0.4, 0.5) is 20.2 Å². The SMILES string of the molecule is Nc1cc(Cl)cc(Cl)c1NC(=O)c1ccc(F)cc1F. The molecule has 0 aliphatic carbocycles. The number of nitrogens with two attached hydrogens (primary N) is 1. The summed E-state index contributed by atoms with van der Waals surface area (Å²) < 4.78 is 26.3. The van der Waals surface area contributed by atoms with Crippen molar-refractivity contribution in [1.29, 1.82) is 0 Å². The van der Waals surface area contributed by atoms with Gasteiger partial charge in [-0.05, 0) is 24.3 Å². The summed E-state index contributed by atoms with van der Waals surface area (Å²) in [7, 11) is 0. The lowest BCUT2D eigenvalue weighted by Gasteiger charge is -2.11. The third-order valence-electron chi connectivity index (χ3n) is 2.50. The fourth-order valence-corrected chi connectivity index (χ4v) is 2.14. The van der Waals surface area contributed by atoms with Crippen molar-refractivity contribution in [3.05, 3.63) is 57.6 Å². The number of benzene rings is 2. The van der Waals surface area contributed by atoms with Crippen LogP contribution in [0.25, 0.3) is 0 Å². The summed E-state index contributed by atoms with van der Waals surface area (Å²) in [4.78, 5) is 11.9. The van der Waals surface area contributed by atoms with Crippen LogP contribution in [0.5, 0.6) is 0 Å². The van der Waals surface area contributed by atoms with E-state index in [2.05, 4.69) is 5.32 Å². The zero-order valence-electron chi connectivity index (χ0n) is 9.88. The van der Waals surface area contributed by atoms with Crippen LogP contribution in [0.1, 0.15) is 10.4 Å². The second-order valence-electron chi connectivity index (χ2n) is 3.93. The van der Waals surface area contributed by atoms with Gasteiger partial charge in [-0.3, -0.25) is 4.79 Å². The Labute approximate surface area is 123 Å². The van der Waals surface area contributed by atoms with Crippen LogP contribution in [0.15, 0.2) is 30.3 Å². The molecule has 0 heterocycles. The van der Waals surface area contributed by atoms with Crippen molar-refractivity contribution in [1.82, 2.24) is 0 Å². The van der Waals surface area contributed by atoms with Crippen molar-refractivity contribution in [2.75, 3.05) is 11.1 Å². The summed E-state index contributed by atoms with van der Waals surface area (Å²) in [5.74, 6) is -2.55. The van der Waals surface area contributed by atoms with Gasteiger partial charge in [0, 0.05) is 11.1 Å². The molecule has 0 aromatic heterocycles. The van der Waals surface area contributed by atoms with Crippen molar-refractivity contribution >= 4 is 40.5 Å². The van der Waals surface area contributed by atoms with E-state index in [1.807, 2.05) is 0 Å². The number of halogens is 4. The van der Waals surface area contributed by atoms with Crippen molar-refractivity contribution in [2.45, 2.75) is 0 Å². The summed E-state index contributed by atoms with van der Waals surface area (Å²) in [6, 6.07) is 5.40. The van der Waals surface area contributed by atoms with Crippen LogP contribution in [0, 0.1) is 11.6 Å². The fraction of sp³-hybridized carbons (Fsp3) is 0. The number of hydrogen-bond donors (Lipinski definition) is 2. The maximum Gasteiger partial charge on any atom is 0.258 e. The van der Waals surface area contributed by atoms with E-state index in [0.29, 0.717) is 11.1 Å². The van der Waals surface area contributed by atoms with Crippen LogP contribution >= 0.6 is 23.2 Å². The van der Waals surface area contributed by atoms with Crippen molar-refractivity contribution in [3.8, 4) is 0 Å². The van der Waals surface area contributed by atoms with Gasteiger partial charge in [-0.15, -0.1) is 0 Å². The van der Waals surface area contributed by atoms with Gasteiger partial charge in [0.05, 0.1) is 22.0 Å². The number of anilines is 2. The first-order chi connectivity index (χ1) is 9.38. The Kier molecular flexibility index (Phi) is 4.11. The van der Waals surface area contributed by atoms with E-state index in [0.717, 1.165) is 12.1 Å². The molecule has 0 aliphatic rings. The van der Waals surface area contributed by atoms with Crippen molar-refractivity contribution in [3.63, 3.8) is 0 Å². The quantitative estimate of drug-likeness (QED) is 0.819. The molecule has 3 nitrogen and oxygen atoms in total. The molecule has 0 fully saturated rings. The highest BCUT2D eigenvalue weighted by molar-refractivity contribution is 6.37. The predicted octanol–water partition coefficient (Wildman–Crippen LogP) is 4.11. The second kappa shape index (κ2) is 5.64. The lowest BCUT2D eigenvalue weighted by Crippen LogP contribution is -2.15. The summed E-state index contributed by atoms with van der Waals surface area (Å²) >= 11 is 11.6. The first-order valence-corrected chi connectivity index (χ1v) is 6.15. The van der Waals surface area contributed by atoms with E-state index < -0.39 is 17.5 Å². The highest BCUT2D eigenvalue weighted by atomic mass is 35.5. The second-order valence-corrected chi connectivity index (χ2v) is 4.77. The Bertz CT molecular complexity index is 669. The molecule has 2 rings (SSSR count). The molecule has 2 aromatic rings. The number of nitrogens with one attached hydrogen (secondary N) is 1. The van der Waals surface area contributed by atoms with Crippen LogP contribution in [-0.4, -0.2) is 5.91 Å². The van der Waals surface area contributed by atoms with Gasteiger partial charge in [0.1, 0.15) is 11.6 Å². The molecule has 0 radical (unpaired) electrons. The molecule has 3 N–H and O–H groups in total. The average molecular weight is 317 g/mol. The fourth-order valence-electron chi connectivity index (χ4n) is 1.58. The van der Waals surface area contributed by atoms with Crippen LogP contribution in [0.3, 0.4) is 0 Å². The minimum absolute atomic E-state index is 0.116. The van der Waals surface area contributed by atoms with Gasteiger partial charge in [-0.2, -0.15) is 0 Å². The van der Waals surface area contributed by atoms with Crippen LogP contribution in [-0.2, 0) is 0 Å². The van der Waals surface area contributed by atoms with Gasteiger partial charge < -0.3 is 11.1 Å². The number of nitrogen functional groups attached to an aromatic ring is 1. The molecule has 2 aromatic carbocycles. The molecule has 0 saturated heterocycles. The Morgan fingerprint density at radius 1 is 1.15 bits per heavy atom. The van der Waals surface area contributed by atoms with E-state index in [1.54, 1.807) is 0 Å². The number of carbonyl (C=O) groups excluding carboxylic acids is 1. The summed E-state index contributed by atoms with van der Waals surface area (Å²) in [5.41, 5.74) is 5.60. The average Bonchev–Trinajstić information content (AvgIpc) is 2.33. The highest BCUT2D eigenvalue weighted by Gasteiger charge is 2.16. The first-order valence-electron chi connectivity index (χ1n) is 5.39. The minimum atomic E-state index is -0.980. The van der Waals surface area contributed by atoms with E-state index in [4.69, 9.17) is 28.9 Å². The molecule has 0 atom stereocenters. The topological polar surface area (TPSA) is 55.1 Å².